The molecule has 0 bridgehead atoms. The van der Waals surface area contributed by atoms with Crippen LogP contribution in [0.15, 0.2) is 23.2 Å². The van der Waals surface area contributed by atoms with Crippen molar-refractivity contribution in [1.82, 2.24) is 19.0 Å². The van der Waals surface area contributed by atoms with Crippen LogP contribution in [-0.4, -0.2) is 76.5 Å². The third kappa shape index (κ3) is 7.46. The highest BCUT2D eigenvalue weighted by molar-refractivity contribution is 8.00. The van der Waals surface area contributed by atoms with Gasteiger partial charge in [0.2, 0.25) is 0 Å². The minimum atomic E-state index is -0.660. The molecule has 3 amide bonds. The van der Waals surface area contributed by atoms with Crippen LogP contribution in [0.1, 0.15) is 19.4 Å². The molecule has 1 N–H and O–H groups in total. The van der Waals surface area contributed by atoms with Gasteiger partial charge in [-0.2, -0.15) is 0 Å². The van der Waals surface area contributed by atoms with Crippen molar-refractivity contribution in [2.45, 2.75) is 31.7 Å². The first-order valence-corrected chi connectivity index (χ1v) is 11.5. The average Bonchev–Trinajstić information content (AvgIpc) is 2.70. The number of amides is 3. The first kappa shape index (κ1) is 25.6. The van der Waals surface area contributed by atoms with E-state index < -0.39 is 12.3 Å². The number of halogens is 1. The van der Waals surface area contributed by atoms with E-state index in [1.165, 1.54) is 26.9 Å². The number of aliphatic imine (C=N–C) groups is 1. The molecule has 1 aromatic rings. The van der Waals surface area contributed by atoms with E-state index in [-0.39, 0.29) is 10.8 Å². The normalized spacial score (nSPS) is 18.0. The van der Waals surface area contributed by atoms with Gasteiger partial charge in [0, 0.05) is 31.9 Å². The molecule has 0 aromatic heterocycles. The summed E-state index contributed by atoms with van der Waals surface area (Å²) in [6.07, 6.45) is 0.328. The number of carbonyl (C=O) groups excluding carboxylic acids is 2. The van der Waals surface area contributed by atoms with E-state index in [0.29, 0.717) is 17.3 Å². The maximum absolute atomic E-state index is 12.6. The smallest absolute Gasteiger partial charge is 0.358 e. The molecular weight excluding hydrogens is 462 g/mol. The number of ether oxygens (including phenoxy) is 1. The number of nitrogens with zero attached hydrogens (tertiary/aromatic N) is 4. The lowest BCUT2D eigenvalue weighted by Gasteiger charge is -2.37. The van der Waals surface area contributed by atoms with Gasteiger partial charge >= 0.3 is 12.1 Å². The first-order valence-electron chi connectivity index (χ1n) is 9.46. The van der Waals surface area contributed by atoms with Crippen LogP contribution in [0.5, 0.6) is 0 Å². The zero-order valence-corrected chi connectivity index (χ0v) is 20.8. The van der Waals surface area contributed by atoms with Gasteiger partial charge in [0.1, 0.15) is 0 Å². The van der Waals surface area contributed by atoms with Crippen molar-refractivity contribution in [3.05, 3.63) is 28.8 Å². The number of aryl methyl sites for hydroxylation is 1. The fourth-order valence-electron chi connectivity index (χ4n) is 2.53. The van der Waals surface area contributed by atoms with Gasteiger partial charge in [-0.3, -0.25) is 9.21 Å². The van der Waals surface area contributed by atoms with Gasteiger partial charge in [-0.15, -0.1) is 17.2 Å². The molecule has 2 rings (SSSR count). The highest BCUT2D eigenvalue weighted by Crippen LogP contribution is 2.32. The summed E-state index contributed by atoms with van der Waals surface area (Å²) in [5.41, 5.74) is 4.27. The fraction of sp³-hybridized carbons (Fsp3) is 0.526. The Morgan fingerprint density at radius 1 is 1.35 bits per heavy atom. The molecule has 12 heteroatoms. The van der Waals surface area contributed by atoms with Crippen LogP contribution in [0.2, 0.25) is 5.02 Å². The standard InChI is InChI=1S/C19H28ClN5O4S2/c1-13-11-14(20)7-8-15(13)21-12-23(4)17(26)24(5)31-25(6)18(27)29-22-16-19(2,3)30-10-9-28-16/h7-8,11-12,16,22H,9-10H2,1-6H3. The molecule has 1 aromatic carbocycles. The lowest BCUT2D eigenvalue weighted by atomic mass is 10.2. The van der Waals surface area contributed by atoms with Crippen molar-refractivity contribution >= 4 is 59.6 Å². The third-order valence-corrected chi connectivity index (χ3v) is 6.69. The summed E-state index contributed by atoms with van der Waals surface area (Å²) in [5, 5.41) is 0.624. The summed E-state index contributed by atoms with van der Waals surface area (Å²) in [4.78, 5) is 35.6. The van der Waals surface area contributed by atoms with E-state index in [1.807, 2.05) is 20.8 Å². The molecule has 1 fully saturated rings. The lowest BCUT2D eigenvalue weighted by Crippen LogP contribution is -2.51. The van der Waals surface area contributed by atoms with E-state index in [2.05, 4.69) is 10.5 Å². The topological polar surface area (TPSA) is 86.7 Å². The van der Waals surface area contributed by atoms with E-state index >= 15 is 0 Å². The van der Waals surface area contributed by atoms with Gasteiger partial charge in [-0.1, -0.05) is 11.6 Å². The molecule has 1 heterocycles. The Kier molecular flexibility index (Phi) is 9.31. The number of hydroxylamine groups is 1. The maximum atomic E-state index is 12.6. The monoisotopic (exact) mass is 489 g/mol. The van der Waals surface area contributed by atoms with Gasteiger partial charge in [0.25, 0.3) is 0 Å². The highest BCUT2D eigenvalue weighted by atomic mass is 35.5. The molecular formula is C19H28ClN5O4S2. The van der Waals surface area contributed by atoms with Crippen molar-refractivity contribution < 1.29 is 19.2 Å². The van der Waals surface area contributed by atoms with Gasteiger partial charge < -0.3 is 9.57 Å². The van der Waals surface area contributed by atoms with Crippen molar-refractivity contribution in [3.8, 4) is 0 Å². The quantitative estimate of drug-likeness (QED) is 0.276. The van der Waals surface area contributed by atoms with Crippen LogP contribution in [0.4, 0.5) is 15.3 Å². The summed E-state index contributed by atoms with van der Waals surface area (Å²) in [7, 11) is 4.63. The van der Waals surface area contributed by atoms with Gasteiger partial charge in [0.05, 0.1) is 35.5 Å². The summed E-state index contributed by atoms with van der Waals surface area (Å²) in [6.45, 7) is 6.48. The van der Waals surface area contributed by atoms with E-state index in [0.717, 1.165) is 23.5 Å². The summed E-state index contributed by atoms with van der Waals surface area (Å²) < 4.78 is 7.88. The zero-order valence-electron chi connectivity index (χ0n) is 18.4. The van der Waals surface area contributed by atoms with Crippen LogP contribution in [-0.2, 0) is 9.57 Å². The highest BCUT2D eigenvalue weighted by Gasteiger charge is 2.35. The molecule has 172 valence electrons. The van der Waals surface area contributed by atoms with Crippen molar-refractivity contribution in [1.29, 1.82) is 0 Å². The average molecular weight is 490 g/mol. The predicted octanol–water partition coefficient (Wildman–Crippen LogP) is 4.30. The van der Waals surface area contributed by atoms with E-state index in [4.69, 9.17) is 21.2 Å². The van der Waals surface area contributed by atoms with Crippen LogP contribution in [0.25, 0.3) is 0 Å². The Morgan fingerprint density at radius 2 is 2.06 bits per heavy atom. The fourth-order valence-corrected chi connectivity index (χ4v) is 4.40. The second-order valence-electron chi connectivity index (χ2n) is 7.33. The summed E-state index contributed by atoms with van der Waals surface area (Å²) >= 11 is 8.57. The number of hydrogen-bond acceptors (Lipinski definition) is 8. The Balaban J connectivity index is 1.84. The number of benzene rings is 1. The molecule has 0 radical (unpaired) electrons. The minimum absolute atomic E-state index is 0.235. The van der Waals surface area contributed by atoms with E-state index in [1.54, 1.807) is 44.1 Å². The minimum Gasteiger partial charge on any atom is -0.358 e. The molecule has 0 saturated carbocycles. The molecule has 1 unspecified atom stereocenters. The molecule has 31 heavy (non-hydrogen) atoms. The Hall–Kier alpha value is -1.66. The Labute approximate surface area is 196 Å². The molecule has 1 atom stereocenters. The Bertz CT molecular complexity index is 826. The number of carbonyl (C=O) groups is 2. The molecule has 0 aliphatic carbocycles. The van der Waals surface area contributed by atoms with Crippen LogP contribution >= 0.6 is 35.5 Å². The van der Waals surface area contributed by atoms with Crippen molar-refractivity contribution in [3.63, 3.8) is 0 Å². The van der Waals surface area contributed by atoms with Gasteiger partial charge in [-0.25, -0.2) is 18.9 Å². The number of rotatable bonds is 6. The van der Waals surface area contributed by atoms with Crippen molar-refractivity contribution in [2.24, 2.45) is 4.99 Å². The van der Waals surface area contributed by atoms with Crippen LogP contribution in [0.3, 0.4) is 0 Å². The second kappa shape index (κ2) is 11.3. The second-order valence-corrected chi connectivity index (χ2v) is 10.8. The molecule has 9 nitrogen and oxygen atoms in total. The number of thioether (sulfide) groups is 1. The number of hydrogen-bond donors (Lipinski definition) is 1. The van der Waals surface area contributed by atoms with Crippen LogP contribution in [0, 0.1) is 6.92 Å². The maximum Gasteiger partial charge on any atom is 0.440 e. The zero-order chi connectivity index (χ0) is 23.2. The first-order chi connectivity index (χ1) is 14.5. The summed E-state index contributed by atoms with van der Waals surface area (Å²) in [5.74, 6) is 0.885. The van der Waals surface area contributed by atoms with Crippen molar-refractivity contribution in [2.75, 3.05) is 33.5 Å². The molecule has 1 aliphatic rings. The lowest BCUT2D eigenvalue weighted by molar-refractivity contribution is -0.0747. The third-order valence-electron chi connectivity index (χ3n) is 4.33. The van der Waals surface area contributed by atoms with Gasteiger partial charge in [-0.05, 0) is 44.5 Å². The number of nitrogens with one attached hydrogen (secondary N) is 1. The largest absolute Gasteiger partial charge is 0.440 e. The molecule has 1 saturated heterocycles. The molecule has 1 aliphatic heterocycles. The SMILES string of the molecule is Cc1cc(Cl)ccc1N=CN(C)C(=O)N(C)SN(C)C(=O)ONC1OCCSC1(C)C. The van der Waals surface area contributed by atoms with E-state index in [9.17, 15) is 9.59 Å². The van der Waals surface area contributed by atoms with Gasteiger partial charge in [0.15, 0.2) is 6.23 Å². The Morgan fingerprint density at radius 3 is 2.71 bits per heavy atom. The molecule has 0 spiro atoms. The predicted molar refractivity (Wildman–Crippen MR) is 127 cm³/mol. The summed E-state index contributed by atoms with van der Waals surface area (Å²) in [6, 6.07) is 4.93. The van der Waals surface area contributed by atoms with Crippen LogP contribution < -0.4 is 5.48 Å². The number of urea groups is 1.